The van der Waals surface area contributed by atoms with Gasteiger partial charge in [-0.3, -0.25) is 0 Å². The molecule has 0 saturated carbocycles. The number of para-hydroxylation sites is 2. The van der Waals surface area contributed by atoms with Crippen molar-refractivity contribution in [2.45, 2.75) is 52.4 Å². The van der Waals surface area contributed by atoms with Gasteiger partial charge in [-0.05, 0) is 132 Å². The molecule has 6 aromatic carbocycles. The van der Waals surface area contributed by atoms with Crippen LogP contribution in [0, 0.1) is 0 Å². The van der Waals surface area contributed by atoms with Crippen LogP contribution in [0.3, 0.4) is 0 Å². The van der Waals surface area contributed by atoms with E-state index in [9.17, 15) is 0 Å². The van der Waals surface area contributed by atoms with E-state index >= 15 is 0 Å². The average Bonchev–Trinajstić information content (AvgIpc) is 3.11. The summed E-state index contributed by atoms with van der Waals surface area (Å²) in [6, 6.07) is 53.7. The molecule has 7 rings (SSSR count). The molecule has 0 N–H and O–H groups in total. The summed E-state index contributed by atoms with van der Waals surface area (Å²) < 4.78 is 0. The van der Waals surface area contributed by atoms with Crippen LogP contribution in [0.15, 0.2) is 146 Å². The Kier molecular flexibility index (Phi) is 8.69. The van der Waals surface area contributed by atoms with Crippen LogP contribution in [0.1, 0.15) is 48.9 Å². The summed E-state index contributed by atoms with van der Waals surface area (Å²) in [5.41, 5.74) is 15.4. The first-order valence-corrected chi connectivity index (χ1v) is 16.9. The van der Waals surface area contributed by atoms with Gasteiger partial charge in [0.25, 0.3) is 0 Å². The van der Waals surface area contributed by atoms with Gasteiger partial charge >= 0.3 is 0 Å². The molecule has 46 heavy (non-hydrogen) atoms. The van der Waals surface area contributed by atoms with E-state index in [0.717, 1.165) is 38.5 Å². The zero-order valence-electron chi connectivity index (χ0n) is 27.0. The normalized spacial score (nSPS) is 11.9. The molecule has 0 spiro atoms. The Labute approximate surface area is 274 Å². The van der Waals surface area contributed by atoms with Gasteiger partial charge < -0.3 is 9.80 Å². The molecule has 0 radical (unpaired) electrons. The molecule has 6 aromatic rings. The number of nitrogens with zero attached hydrogens (tertiary/aromatic N) is 2. The van der Waals surface area contributed by atoms with Crippen molar-refractivity contribution in [2.75, 3.05) is 9.80 Å². The largest absolute Gasteiger partial charge is 0.310 e. The lowest BCUT2D eigenvalue weighted by molar-refractivity contribution is 0.921. The van der Waals surface area contributed by atoms with Crippen LogP contribution >= 0.6 is 0 Å². The van der Waals surface area contributed by atoms with Gasteiger partial charge in [0, 0.05) is 34.1 Å². The number of hydrogen-bond acceptors (Lipinski definition) is 2. The third kappa shape index (κ3) is 6.08. The Balaban J connectivity index is 1.24. The number of rotatable bonds is 10. The minimum Gasteiger partial charge on any atom is -0.310 e. The lowest BCUT2D eigenvalue weighted by atomic mass is 9.85. The Bertz CT molecular complexity index is 1750. The fourth-order valence-electron chi connectivity index (χ4n) is 6.90. The Hall–Kier alpha value is -5.08. The van der Waals surface area contributed by atoms with Gasteiger partial charge in [-0.25, -0.2) is 0 Å². The van der Waals surface area contributed by atoms with Gasteiger partial charge in [-0.15, -0.1) is 0 Å². The minimum atomic E-state index is 1.02. The highest BCUT2D eigenvalue weighted by Gasteiger charge is 2.21. The summed E-state index contributed by atoms with van der Waals surface area (Å²) in [6.07, 6.45) is 6.58. The topological polar surface area (TPSA) is 6.48 Å². The number of anilines is 6. The lowest BCUT2D eigenvalue weighted by Gasteiger charge is -2.29. The molecule has 2 heteroatoms. The highest BCUT2D eigenvalue weighted by Crippen LogP contribution is 2.43. The molecule has 0 fully saturated rings. The molecule has 0 heterocycles. The maximum Gasteiger partial charge on any atom is 0.0464 e. The molecule has 1 aliphatic rings. The van der Waals surface area contributed by atoms with E-state index in [1.54, 1.807) is 0 Å². The molecule has 228 valence electrons. The van der Waals surface area contributed by atoms with Gasteiger partial charge in [-0.2, -0.15) is 0 Å². The van der Waals surface area contributed by atoms with Crippen molar-refractivity contribution < 1.29 is 0 Å². The van der Waals surface area contributed by atoms with Crippen molar-refractivity contribution >= 4 is 34.1 Å². The van der Waals surface area contributed by atoms with Crippen molar-refractivity contribution in [3.63, 3.8) is 0 Å². The lowest BCUT2D eigenvalue weighted by Crippen LogP contribution is -2.13. The van der Waals surface area contributed by atoms with Crippen molar-refractivity contribution in [1.82, 2.24) is 0 Å². The molecule has 0 atom stereocenters. The third-order valence-corrected chi connectivity index (χ3v) is 9.14. The van der Waals surface area contributed by atoms with Gasteiger partial charge in [0.2, 0.25) is 0 Å². The zero-order chi connectivity index (χ0) is 31.3. The predicted octanol–water partition coefficient (Wildman–Crippen LogP) is 12.3. The maximum absolute atomic E-state index is 2.41. The summed E-state index contributed by atoms with van der Waals surface area (Å²) in [4.78, 5) is 4.77. The van der Waals surface area contributed by atoms with Gasteiger partial charge in [0.05, 0.1) is 0 Å². The van der Waals surface area contributed by atoms with Crippen LogP contribution in [0.2, 0.25) is 0 Å². The predicted molar refractivity (Wildman–Crippen MR) is 197 cm³/mol. The number of fused-ring (bicyclic) bond motifs is 3. The second-order valence-corrected chi connectivity index (χ2v) is 12.4. The van der Waals surface area contributed by atoms with Crippen LogP contribution in [0.5, 0.6) is 0 Å². The number of aryl methyl sites for hydroxylation is 4. The molecule has 2 nitrogen and oxygen atoms in total. The third-order valence-electron chi connectivity index (χ3n) is 9.14. The Morgan fingerprint density at radius 2 is 0.739 bits per heavy atom. The van der Waals surface area contributed by atoms with Gasteiger partial charge in [-0.1, -0.05) is 99.5 Å². The summed E-state index contributed by atoms with van der Waals surface area (Å²) in [7, 11) is 0. The van der Waals surface area contributed by atoms with E-state index in [2.05, 4.69) is 169 Å². The van der Waals surface area contributed by atoms with Crippen LogP contribution < -0.4 is 9.80 Å². The second-order valence-electron chi connectivity index (χ2n) is 12.4. The Morgan fingerprint density at radius 1 is 0.391 bits per heavy atom. The van der Waals surface area contributed by atoms with Crippen molar-refractivity contribution in [3.05, 3.63) is 168 Å². The molecule has 0 amide bonds. The fourth-order valence-corrected chi connectivity index (χ4v) is 6.90. The number of benzene rings is 6. The molecular formula is C44H42N2. The molecule has 0 aliphatic heterocycles. The van der Waals surface area contributed by atoms with Crippen molar-refractivity contribution in [2.24, 2.45) is 0 Å². The molecule has 0 bridgehead atoms. The van der Waals surface area contributed by atoms with E-state index in [1.807, 2.05) is 0 Å². The Morgan fingerprint density at radius 3 is 1.11 bits per heavy atom. The monoisotopic (exact) mass is 598 g/mol. The van der Waals surface area contributed by atoms with E-state index in [0.29, 0.717) is 0 Å². The smallest absolute Gasteiger partial charge is 0.0464 e. The van der Waals surface area contributed by atoms with Crippen LogP contribution in [-0.4, -0.2) is 0 Å². The average molecular weight is 599 g/mol. The quantitative estimate of drug-likeness (QED) is 0.155. The SMILES string of the molecule is CCCc1ccc(N(c2ccccc2)c2ccc3c(c2)CCc2cc(N(c4ccccc4)c4ccc(CCC)cc4)ccc2-3)cc1. The highest BCUT2D eigenvalue weighted by molar-refractivity contribution is 5.84. The van der Waals surface area contributed by atoms with Crippen LogP contribution in [0.25, 0.3) is 11.1 Å². The molecule has 1 aliphatic carbocycles. The molecule has 0 saturated heterocycles. The first-order chi connectivity index (χ1) is 22.7. The fraction of sp³-hybridized carbons (Fsp3) is 0.182. The van der Waals surface area contributed by atoms with E-state index in [4.69, 9.17) is 0 Å². The summed E-state index contributed by atoms with van der Waals surface area (Å²) in [5.74, 6) is 0. The number of hydrogen-bond donors (Lipinski definition) is 0. The van der Waals surface area contributed by atoms with Gasteiger partial charge in [0.15, 0.2) is 0 Å². The summed E-state index contributed by atoms with van der Waals surface area (Å²) >= 11 is 0. The molecular weight excluding hydrogens is 556 g/mol. The molecule has 0 aromatic heterocycles. The first kappa shape index (κ1) is 29.6. The zero-order valence-corrected chi connectivity index (χ0v) is 27.0. The van der Waals surface area contributed by atoms with Gasteiger partial charge in [0.1, 0.15) is 0 Å². The summed E-state index contributed by atoms with van der Waals surface area (Å²) in [5, 5.41) is 0. The molecule has 0 unspecified atom stereocenters. The minimum absolute atomic E-state index is 1.02. The first-order valence-electron chi connectivity index (χ1n) is 16.9. The maximum atomic E-state index is 2.41. The second kappa shape index (κ2) is 13.5. The van der Waals surface area contributed by atoms with E-state index in [1.165, 1.54) is 67.5 Å². The highest BCUT2D eigenvalue weighted by atomic mass is 15.1. The standard InChI is InChI=1S/C44H42N2/c1-3-11-33-17-23-39(24-18-33)45(37-13-7-5-8-14-37)41-27-29-43-35(31-41)21-22-36-32-42(28-30-44(36)43)46(38-15-9-6-10-16-38)40-25-19-34(12-4-2)20-26-40/h5-10,13-20,23-32H,3-4,11-12,21-22H2,1-2H3. The van der Waals surface area contributed by atoms with Crippen molar-refractivity contribution in [3.8, 4) is 11.1 Å². The van der Waals surface area contributed by atoms with Crippen molar-refractivity contribution in [1.29, 1.82) is 0 Å². The van der Waals surface area contributed by atoms with Crippen LogP contribution in [0.4, 0.5) is 34.1 Å². The van der Waals surface area contributed by atoms with E-state index < -0.39 is 0 Å². The summed E-state index contributed by atoms with van der Waals surface area (Å²) in [6.45, 7) is 4.48. The van der Waals surface area contributed by atoms with Crippen LogP contribution in [-0.2, 0) is 25.7 Å². The van der Waals surface area contributed by atoms with E-state index in [-0.39, 0.29) is 0 Å².